The van der Waals surface area contributed by atoms with E-state index in [2.05, 4.69) is 30.9 Å². The van der Waals surface area contributed by atoms with Crippen molar-refractivity contribution >= 4 is 22.9 Å². The Morgan fingerprint density at radius 2 is 2.25 bits per heavy atom. The SMILES string of the molecule is C[C@@H]1COc2cc(-c3[nH]ncc3NC(=O)c3cnn4cccnc34)c(OC(F)F)cc2N1. The third kappa shape index (κ3) is 3.55. The second kappa shape index (κ2) is 7.80. The predicted octanol–water partition coefficient (Wildman–Crippen LogP) is 3.17. The van der Waals surface area contributed by atoms with Crippen LogP contribution in [0.3, 0.4) is 0 Å². The molecule has 1 aromatic carbocycles. The summed E-state index contributed by atoms with van der Waals surface area (Å²) >= 11 is 0. The van der Waals surface area contributed by atoms with E-state index in [1.54, 1.807) is 24.5 Å². The van der Waals surface area contributed by atoms with Crippen LogP contribution in [0.5, 0.6) is 11.5 Å². The van der Waals surface area contributed by atoms with Crippen molar-refractivity contribution in [1.29, 1.82) is 0 Å². The molecule has 3 N–H and O–H groups in total. The van der Waals surface area contributed by atoms with Gasteiger partial charge in [-0.15, -0.1) is 0 Å². The van der Waals surface area contributed by atoms with E-state index in [0.29, 0.717) is 23.7 Å². The van der Waals surface area contributed by atoms with E-state index in [-0.39, 0.29) is 34.3 Å². The van der Waals surface area contributed by atoms with Crippen LogP contribution in [0.15, 0.2) is 43.0 Å². The molecule has 10 nitrogen and oxygen atoms in total. The van der Waals surface area contributed by atoms with Crippen molar-refractivity contribution in [1.82, 2.24) is 24.8 Å². The van der Waals surface area contributed by atoms with E-state index in [4.69, 9.17) is 9.47 Å². The third-order valence-corrected chi connectivity index (χ3v) is 4.87. The number of rotatable bonds is 5. The number of carbonyl (C=O) groups is 1. The first kappa shape index (κ1) is 19.7. The first-order valence-electron chi connectivity index (χ1n) is 9.65. The van der Waals surface area contributed by atoms with Gasteiger partial charge in [-0.25, -0.2) is 9.50 Å². The van der Waals surface area contributed by atoms with Crippen molar-refractivity contribution in [3.8, 4) is 22.8 Å². The molecular formula is C20H17F2N7O3. The summed E-state index contributed by atoms with van der Waals surface area (Å²) in [6.45, 7) is -0.725. The Morgan fingerprint density at radius 1 is 1.38 bits per heavy atom. The first-order valence-corrected chi connectivity index (χ1v) is 9.65. The van der Waals surface area contributed by atoms with Crippen molar-refractivity contribution in [2.24, 2.45) is 0 Å². The molecule has 0 saturated heterocycles. The number of hydrogen-bond donors (Lipinski definition) is 3. The van der Waals surface area contributed by atoms with Crippen LogP contribution in [0.2, 0.25) is 0 Å². The van der Waals surface area contributed by atoms with Crippen molar-refractivity contribution in [3.63, 3.8) is 0 Å². The molecule has 0 bridgehead atoms. The van der Waals surface area contributed by atoms with Crippen molar-refractivity contribution in [2.45, 2.75) is 19.6 Å². The number of aromatic amines is 1. The highest BCUT2D eigenvalue weighted by molar-refractivity contribution is 6.09. The number of nitrogens with zero attached hydrogens (tertiary/aromatic N) is 4. The smallest absolute Gasteiger partial charge is 0.387 e. The largest absolute Gasteiger partial charge is 0.489 e. The van der Waals surface area contributed by atoms with Crippen molar-refractivity contribution in [2.75, 3.05) is 17.2 Å². The van der Waals surface area contributed by atoms with Gasteiger partial charge in [0.1, 0.15) is 23.7 Å². The molecule has 32 heavy (non-hydrogen) atoms. The Kier molecular flexibility index (Phi) is 4.81. The van der Waals surface area contributed by atoms with Gasteiger partial charge < -0.3 is 20.1 Å². The van der Waals surface area contributed by atoms with Gasteiger partial charge in [-0.2, -0.15) is 19.0 Å². The van der Waals surface area contributed by atoms with Crippen LogP contribution in [0.25, 0.3) is 16.9 Å². The lowest BCUT2D eigenvalue weighted by atomic mass is 10.1. The molecule has 12 heteroatoms. The minimum absolute atomic E-state index is 0.00853. The number of hydrogen-bond acceptors (Lipinski definition) is 7. The summed E-state index contributed by atoms with van der Waals surface area (Å²) < 4.78 is 38.2. The summed E-state index contributed by atoms with van der Waals surface area (Å²) in [4.78, 5) is 17.0. The molecule has 0 aliphatic carbocycles. The first-order chi connectivity index (χ1) is 15.5. The molecular weight excluding hydrogens is 424 g/mol. The van der Waals surface area contributed by atoms with Crippen LogP contribution < -0.4 is 20.1 Å². The molecule has 164 valence electrons. The molecule has 0 saturated carbocycles. The quantitative estimate of drug-likeness (QED) is 0.435. The van der Waals surface area contributed by atoms with E-state index in [0.717, 1.165) is 0 Å². The Balaban J connectivity index is 1.52. The van der Waals surface area contributed by atoms with E-state index >= 15 is 0 Å². The fraction of sp³-hybridized carbons (Fsp3) is 0.200. The Hall–Kier alpha value is -4.22. The number of anilines is 2. The standard InChI is InChI=1S/C20H17F2N7O3/c1-10-9-31-16-5-11(15(32-20(21)22)6-13(16)26-10)17-14(8-24-28-17)27-19(30)12-7-25-29-4-2-3-23-18(12)29/h2-8,10,20,26H,9H2,1H3,(H,24,28)(H,27,30)/t10-/m1/s1. The number of halogens is 2. The summed E-state index contributed by atoms with van der Waals surface area (Å²) in [5.41, 5.74) is 1.95. The third-order valence-electron chi connectivity index (χ3n) is 4.87. The Morgan fingerprint density at radius 3 is 3.09 bits per heavy atom. The molecule has 4 heterocycles. The van der Waals surface area contributed by atoms with Crippen LogP contribution in [0.4, 0.5) is 20.2 Å². The van der Waals surface area contributed by atoms with Crippen LogP contribution in [0, 0.1) is 0 Å². The molecule has 0 spiro atoms. The summed E-state index contributed by atoms with van der Waals surface area (Å²) in [6.07, 6.45) is 5.98. The van der Waals surface area contributed by atoms with E-state index in [1.807, 2.05) is 6.92 Å². The van der Waals surface area contributed by atoms with E-state index in [1.165, 1.54) is 23.0 Å². The summed E-state index contributed by atoms with van der Waals surface area (Å²) in [5, 5.41) is 16.7. The minimum Gasteiger partial charge on any atom is -0.489 e. The summed E-state index contributed by atoms with van der Waals surface area (Å²) in [7, 11) is 0. The molecule has 3 aromatic heterocycles. The van der Waals surface area contributed by atoms with Crippen LogP contribution in [-0.2, 0) is 0 Å². The molecule has 0 fully saturated rings. The number of benzene rings is 1. The van der Waals surface area contributed by atoms with Gasteiger partial charge in [0, 0.05) is 24.0 Å². The second-order valence-electron chi connectivity index (χ2n) is 7.14. The fourth-order valence-electron chi connectivity index (χ4n) is 3.47. The number of alkyl halides is 2. The summed E-state index contributed by atoms with van der Waals surface area (Å²) in [5.74, 6) is -0.109. The van der Waals surface area contributed by atoms with Crippen LogP contribution >= 0.6 is 0 Å². The predicted molar refractivity (Wildman–Crippen MR) is 110 cm³/mol. The maximum Gasteiger partial charge on any atom is 0.387 e. The van der Waals surface area contributed by atoms with Gasteiger partial charge in [0.2, 0.25) is 0 Å². The maximum atomic E-state index is 13.1. The number of aromatic nitrogens is 5. The van der Waals surface area contributed by atoms with Gasteiger partial charge >= 0.3 is 6.61 Å². The lowest BCUT2D eigenvalue weighted by molar-refractivity contribution is -0.0494. The molecule has 5 rings (SSSR count). The maximum absolute atomic E-state index is 13.1. The van der Waals surface area contributed by atoms with Gasteiger partial charge in [-0.3, -0.25) is 9.89 Å². The average molecular weight is 441 g/mol. The van der Waals surface area contributed by atoms with Gasteiger partial charge in [0.25, 0.3) is 5.91 Å². The highest BCUT2D eigenvalue weighted by Crippen LogP contribution is 2.42. The lowest BCUT2D eigenvalue weighted by Crippen LogP contribution is -2.28. The minimum atomic E-state index is -3.04. The van der Waals surface area contributed by atoms with Crippen LogP contribution in [-0.4, -0.2) is 50.0 Å². The van der Waals surface area contributed by atoms with E-state index < -0.39 is 12.5 Å². The Labute approximate surface area is 179 Å². The Bertz CT molecular complexity index is 1300. The second-order valence-corrected chi connectivity index (χ2v) is 7.14. The highest BCUT2D eigenvalue weighted by Gasteiger charge is 2.24. The van der Waals surface area contributed by atoms with Crippen molar-refractivity contribution in [3.05, 3.63) is 48.5 Å². The monoisotopic (exact) mass is 441 g/mol. The summed E-state index contributed by atoms with van der Waals surface area (Å²) in [6, 6.07) is 4.70. The number of H-pyrrole nitrogens is 1. The van der Waals surface area contributed by atoms with Gasteiger partial charge in [0.05, 0.1) is 35.5 Å². The normalized spacial score (nSPS) is 15.2. The molecule has 0 radical (unpaired) electrons. The van der Waals surface area contributed by atoms with Gasteiger partial charge in [0.15, 0.2) is 5.65 Å². The zero-order valence-electron chi connectivity index (χ0n) is 16.7. The lowest BCUT2D eigenvalue weighted by Gasteiger charge is -2.26. The topological polar surface area (TPSA) is 118 Å². The zero-order chi connectivity index (χ0) is 22.2. The zero-order valence-corrected chi connectivity index (χ0v) is 16.7. The number of ether oxygens (including phenoxy) is 2. The van der Waals surface area contributed by atoms with Crippen molar-refractivity contribution < 1.29 is 23.0 Å². The number of fused-ring (bicyclic) bond motifs is 2. The van der Waals surface area contributed by atoms with Gasteiger partial charge in [-0.1, -0.05) is 0 Å². The molecule has 4 aromatic rings. The van der Waals surface area contributed by atoms with E-state index in [9.17, 15) is 13.6 Å². The molecule has 1 aliphatic rings. The number of nitrogens with one attached hydrogen (secondary N) is 3. The highest BCUT2D eigenvalue weighted by atomic mass is 19.3. The number of amides is 1. The molecule has 0 unspecified atom stereocenters. The average Bonchev–Trinajstić information content (AvgIpc) is 3.39. The van der Waals surface area contributed by atoms with Crippen LogP contribution in [0.1, 0.15) is 17.3 Å². The molecule has 1 amide bonds. The van der Waals surface area contributed by atoms with Gasteiger partial charge in [-0.05, 0) is 19.1 Å². The molecule has 1 aliphatic heterocycles. The fourth-order valence-corrected chi connectivity index (χ4v) is 3.47. The molecule has 1 atom stereocenters. The number of carbonyl (C=O) groups excluding carboxylic acids is 1.